The van der Waals surface area contributed by atoms with E-state index in [1.165, 1.54) is 22.4 Å². The molecule has 1 aliphatic heterocycles. The van der Waals surface area contributed by atoms with E-state index in [1.54, 1.807) is 0 Å². The van der Waals surface area contributed by atoms with Crippen LogP contribution in [0.15, 0.2) is 53.5 Å². The Kier molecular flexibility index (Phi) is 7.71. The van der Waals surface area contributed by atoms with Gasteiger partial charge < -0.3 is 15.0 Å². The highest BCUT2D eigenvalue weighted by Crippen LogP contribution is 2.27. The van der Waals surface area contributed by atoms with Crippen LogP contribution in [0.4, 0.5) is 5.69 Å². The Hall–Kier alpha value is -1.60. The predicted octanol–water partition coefficient (Wildman–Crippen LogP) is 3.98. The third kappa shape index (κ3) is 4.73. The van der Waals surface area contributed by atoms with Crippen molar-refractivity contribution in [3.8, 4) is 0 Å². The zero-order chi connectivity index (χ0) is 16.8. The molecule has 0 aliphatic carbocycles. The van der Waals surface area contributed by atoms with E-state index in [9.17, 15) is 0 Å². The van der Waals surface area contributed by atoms with Crippen LogP contribution in [0.5, 0.6) is 0 Å². The molecule has 2 aromatic rings. The monoisotopic (exact) mass is 451 g/mol. The van der Waals surface area contributed by atoms with Gasteiger partial charge in [0.15, 0.2) is 5.96 Å². The predicted molar refractivity (Wildman–Crippen MR) is 115 cm³/mol. The topological polar surface area (TPSA) is 36.9 Å². The second-order valence-electron chi connectivity index (χ2n) is 5.84. The van der Waals surface area contributed by atoms with Gasteiger partial charge in [0.2, 0.25) is 0 Å². The minimum Gasteiger partial charge on any atom is -0.377 e. The van der Waals surface area contributed by atoms with Crippen molar-refractivity contribution in [2.24, 2.45) is 4.99 Å². The summed E-state index contributed by atoms with van der Waals surface area (Å²) in [5, 5.41) is 3.51. The van der Waals surface area contributed by atoms with E-state index < -0.39 is 0 Å². The van der Waals surface area contributed by atoms with Gasteiger partial charge in [-0.25, -0.2) is 0 Å². The maximum absolute atomic E-state index is 5.57. The minimum absolute atomic E-state index is 0. The number of guanidine groups is 1. The van der Waals surface area contributed by atoms with Gasteiger partial charge in [0, 0.05) is 32.4 Å². The molecule has 1 N–H and O–H groups in total. The van der Waals surface area contributed by atoms with Crippen LogP contribution in [0, 0.1) is 0 Å². The van der Waals surface area contributed by atoms with E-state index in [2.05, 4.69) is 63.7 Å². The number of hydrogen-bond acceptors (Lipinski definition) is 2. The van der Waals surface area contributed by atoms with E-state index in [0.29, 0.717) is 6.61 Å². The number of ether oxygens (including phenoxy) is 1. The van der Waals surface area contributed by atoms with Crippen molar-refractivity contribution >= 4 is 35.6 Å². The third-order valence-electron chi connectivity index (χ3n) is 4.37. The molecular weight excluding hydrogens is 425 g/mol. The highest BCUT2D eigenvalue weighted by atomic mass is 127. The summed E-state index contributed by atoms with van der Waals surface area (Å²) in [6.45, 7) is 5.12. The van der Waals surface area contributed by atoms with Crippen LogP contribution in [0.2, 0.25) is 0 Å². The number of nitrogens with one attached hydrogen (secondary N) is 1. The summed E-state index contributed by atoms with van der Waals surface area (Å²) in [4.78, 5) is 6.74. The summed E-state index contributed by atoms with van der Waals surface area (Å²) in [6.07, 6.45) is 1.07. The van der Waals surface area contributed by atoms with Crippen molar-refractivity contribution in [1.29, 1.82) is 0 Å². The largest absolute Gasteiger partial charge is 0.377 e. The molecule has 5 heteroatoms. The highest BCUT2D eigenvalue weighted by molar-refractivity contribution is 14.0. The van der Waals surface area contributed by atoms with Gasteiger partial charge in [-0.3, -0.25) is 4.99 Å². The molecule has 134 valence electrons. The van der Waals surface area contributed by atoms with Gasteiger partial charge in [0.25, 0.3) is 0 Å². The van der Waals surface area contributed by atoms with Gasteiger partial charge in [0.1, 0.15) is 0 Å². The molecule has 3 rings (SSSR count). The maximum Gasteiger partial charge on any atom is 0.198 e. The molecule has 25 heavy (non-hydrogen) atoms. The van der Waals surface area contributed by atoms with Crippen molar-refractivity contribution in [1.82, 2.24) is 5.32 Å². The first-order valence-corrected chi connectivity index (χ1v) is 8.54. The van der Waals surface area contributed by atoms with Gasteiger partial charge in [-0.2, -0.15) is 0 Å². The summed E-state index contributed by atoms with van der Waals surface area (Å²) in [7, 11) is 1.84. The molecule has 0 spiro atoms. The average molecular weight is 451 g/mol. The fraction of sp³-hybridized carbons (Fsp3) is 0.350. The average Bonchev–Trinajstić information content (AvgIpc) is 3.05. The zero-order valence-corrected chi connectivity index (χ0v) is 17.2. The SMILES string of the molecule is CCOCc1ccccc1CNC(=NC)N1CCc2ccccc21.I. The van der Waals surface area contributed by atoms with Crippen LogP contribution in [-0.2, 0) is 24.3 Å². The normalized spacial score (nSPS) is 13.4. The smallest absolute Gasteiger partial charge is 0.198 e. The Morgan fingerprint density at radius 3 is 2.60 bits per heavy atom. The molecule has 0 atom stereocenters. The van der Waals surface area contributed by atoms with Crippen LogP contribution < -0.4 is 10.2 Å². The standard InChI is InChI=1S/C20H25N3O.HI/c1-3-24-15-18-10-5-4-9-17(18)14-22-20(21-2)23-13-12-16-8-6-7-11-19(16)23;/h4-11H,3,12-15H2,1-2H3,(H,21,22);1H. The molecule has 0 bridgehead atoms. The molecule has 1 aliphatic rings. The molecule has 0 radical (unpaired) electrons. The van der Waals surface area contributed by atoms with Crippen LogP contribution in [0.1, 0.15) is 23.6 Å². The Balaban J connectivity index is 0.00000225. The molecule has 1 heterocycles. The zero-order valence-electron chi connectivity index (χ0n) is 14.9. The molecular formula is C20H26IN3O. The first kappa shape index (κ1) is 19.7. The number of halogens is 1. The Bertz CT molecular complexity index is 718. The molecule has 0 aromatic heterocycles. The fourth-order valence-electron chi connectivity index (χ4n) is 3.11. The van der Waals surface area contributed by atoms with Gasteiger partial charge in [0.05, 0.1) is 6.61 Å². The third-order valence-corrected chi connectivity index (χ3v) is 4.37. The number of benzene rings is 2. The minimum atomic E-state index is 0. The number of anilines is 1. The summed E-state index contributed by atoms with van der Waals surface area (Å²) < 4.78 is 5.57. The Labute approximate surface area is 167 Å². The van der Waals surface area contributed by atoms with Crippen molar-refractivity contribution in [2.45, 2.75) is 26.5 Å². The lowest BCUT2D eigenvalue weighted by atomic mass is 10.1. The van der Waals surface area contributed by atoms with Crippen LogP contribution >= 0.6 is 24.0 Å². The van der Waals surface area contributed by atoms with Gasteiger partial charge in [-0.05, 0) is 36.1 Å². The lowest BCUT2D eigenvalue weighted by Gasteiger charge is -2.23. The second kappa shape index (κ2) is 9.77. The van der Waals surface area contributed by atoms with Crippen molar-refractivity contribution in [2.75, 3.05) is 25.1 Å². The Morgan fingerprint density at radius 1 is 1.12 bits per heavy atom. The van der Waals surface area contributed by atoms with Gasteiger partial charge >= 0.3 is 0 Å². The van der Waals surface area contributed by atoms with E-state index in [-0.39, 0.29) is 24.0 Å². The first-order chi connectivity index (χ1) is 11.8. The van der Waals surface area contributed by atoms with E-state index in [1.807, 2.05) is 14.0 Å². The lowest BCUT2D eigenvalue weighted by molar-refractivity contribution is 0.133. The Morgan fingerprint density at radius 2 is 1.84 bits per heavy atom. The highest BCUT2D eigenvalue weighted by Gasteiger charge is 2.22. The van der Waals surface area contributed by atoms with Crippen molar-refractivity contribution < 1.29 is 4.74 Å². The number of nitrogens with zero attached hydrogens (tertiary/aromatic N) is 2. The van der Waals surface area contributed by atoms with Crippen molar-refractivity contribution in [3.05, 3.63) is 65.2 Å². The second-order valence-corrected chi connectivity index (χ2v) is 5.84. The van der Waals surface area contributed by atoms with Gasteiger partial charge in [-0.1, -0.05) is 42.5 Å². The van der Waals surface area contributed by atoms with Crippen molar-refractivity contribution in [3.63, 3.8) is 0 Å². The number of rotatable bonds is 5. The molecule has 0 amide bonds. The number of aliphatic imine (C=N–C) groups is 1. The molecule has 0 unspecified atom stereocenters. The number of fused-ring (bicyclic) bond motifs is 1. The van der Waals surface area contributed by atoms with Gasteiger partial charge in [-0.15, -0.1) is 24.0 Å². The van der Waals surface area contributed by atoms with Crippen LogP contribution in [-0.4, -0.2) is 26.2 Å². The first-order valence-electron chi connectivity index (χ1n) is 8.54. The molecule has 0 fully saturated rings. The quantitative estimate of drug-likeness (QED) is 0.425. The fourth-order valence-corrected chi connectivity index (χ4v) is 3.11. The summed E-state index contributed by atoms with van der Waals surface area (Å²) in [5.41, 5.74) is 5.12. The summed E-state index contributed by atoms with van der Waals surface area (Å²) in [5.74, 6) is 0.922. The number of para-hydroxylation sites is 1. The molecule has 0 saturated carbocycles. The molecule has 0 saturated heterocycles. The number of hydrogen-bond donors (Lipinski definition) is 1. The summed E-state index contributed by atoms with van der Waals surface area (Å²) >= 11 is 0. The molecule has 4 nitrogen and oxygen atoms in total. The summed E-state index contributed by atoms with van der Waals surface area (Å²) in [6, 6.07) is 16.9. The molecule has 2 aromatic carbocycles. The van der Waals surface area contributed by atoms with E-state index in [0.717, 1.165) is 32.1 Å². The van der Waals surface area contributed by atoms with E-state index >= 15 is 0 Å². The maximum atomic E-state index is 5.57. The van der Waals surface area contributed by atoms with E-state index in [4.69, 9.17) is 4.74 Å². The van der Waals surface area contributed by atoms with Crippen LogP contribution in [0.3, 0.4) is 0 Å². The van der Waals surface area contributed by atoms with Crippen LogP contribution in [0.25, 0.3) is 0 Å². The lowest BCUT2D eigenvalue weighted by Crippen LogP contribution is -2.40.